The highest BCUT2D eigenvalue weighted by Crippen LogP contribution is 2.20. The number of hydrogen-bond donors (Lipinski definition) is 1. The molecular formula is C13H16N2O4. The molecule has 0 bridgehead atoms. The number of carbonyl (C=O) groups is 2. The molecule has 1 N–H and O–H groups in total. The van der Waals surface area contributed by atoms with Crippen molar-refractivity contribution in [1.29, 1.82) is 0 Å². The standard InChI is InChI=1S/C13H16N2O4/c1-2-18-12(16)14-8-11-9-15(13(17)19-11)10-6-4-3-5-7-10/h3-7,11H,2,8-9H2,1H3,(H,14,16)/t11-/m1/s1. The third-order valence-corrected chi connectivity index (χ3v) is 2.69. The molecule has 2 rings (SSSR count). The van der Waals surface area contributed by atoms with Crippen LogP contribution >= 0.6 is 0 Å². The summed E-state index contributed by atoms with van der Waals surface area (Å²) in [6.45, 7) is 2.70. The van der Waals surface area contributed by atoms with E-state index < -0.39 is 12.2 Å². The highest BCUT2D eigenvalue weighted by molar-refractivity contribution is 5.89. The van der Waals surface area contributed by atoms with Crippen LogP contribution in [-0.2, 0) is 9.47 Å². The SMILES string of the molecule is CCOC(=O)NC[C@@H]1CN(c2ccccc2)C(=O)O1. The fraction of sp³-hybridized carbons (Fsp3) is 0.385. The van der Waals surface area contributed by atoms with E-state index in [4.69, 9.17) is 9.47 Å². The molecule has 19 heavy (non-hydrogen) atoms. The first-order chi connectivity index (χ1) is 9.20. The molecule has 6 heteroatoms. The van der Waals surface area contributed by atoms with Gasteiger partial charge >= 0.3 is 12.2 Å². The molecule has 0 radical (unpaired) electrons. The summed E-state index contributed by atoms with van der Waals surface area (Å²) in [6.07, 6.45) is -1.27. The highest BCUT2D eigenvalue weighted by Gasteiger charge is 2.32. The zero-order valence-corrected chi connectivity index (χ0v) is 10.7. The summed E-state index contributed by atoms with van der Waals surface area (Å²) in [4.78, 5) is 24.4. The van der Waals surface area contributed by atoms with E-state index in [9.17, 15) is 9.59 Å². The zero-order chi connectivity index (χ0) is 13.7. The molecule has 1 fully saturated rings. The van der Waals surface area contributed by atoms with Crippen LogP contribution in [0.3, 0.4) is 0 Å². The minimum absolute atomic E-state index is 0.244. The van der Waals surface area contributed by atoms with Crippen LogP contribution in [0.4, 0.5) is 15.3 Å². The van der Waals surface area contributed by atoms with E-state index in [0.29, 0.717) is 13.2 Å². The molecule has 1 aromatic rings. The lowest BCUT2D eigenvalue weighted by Gasteiger charge is -2.12. The van der Waals surface area contributed by atoms with E-state index in [2.05, 4.69) is 5.32 Å². The number of cyclic esters (lactones) is 1. The number of ether oxygens (including phenoxy) is 2. The van der Waals surface area contributed by atoms with Gasteiger partial charge in [-0.25, -0.2) is 9.59 Å². The molecule has 0 aliphatic carbocycles. The van der Waals surface area contributed by atoms with Gasteiger partial charge in [0, 0.05) is 5.69 Å². The van der Waals surface area contributed by atoms with Crippen LogP contribution in [0.15, 0.2) is 30.3 Å². The highest BCUT2D eigenvalue weighted by atomic mass is 16.6. The molecule has 102 valence electrons. The predicted molar refractivity (Wildman–Crippen MR) is 69.1 cm³/mol. The van der Waals surface area contributed by atoms with E-state index in [0.717, 1.165) is 5.69 Å². The van der Waals surface area contributed by atoms with Gasteiger partial charge in [-0.3, -0.25) is 4.90 Å². The number of alkyl carbamates (subject to hydrolysis) is 1. The number of nitrogens with zero attached hydrogens (tertiary/aromatic N) is 1. The average molecular weight is 264 g/mol. The average Bonchev–Trinajstić information content (AvgIpc) is 2.79. The van der Waals surface area contributed by atoms with Gasteiger partial charge in [0.2, 0.25) is 0 Å². The molecule has 1 aliphatic heterocycles. The summed E-state index contributed by atoms with van der Waals surface area (Å²) in [7, 11) is 0. The lowest BCUT2D eigenvalue weighted by Crippen LogP contribution is -2.34. The van der Waals surface area contributed by atoms with Crippen molar-refractivity contribution < 1.29 is 19.1 Å². The van der Waals surface area contributed by atoms with Crippen LogP contribution in [0.5, 0.6) is 0 Å². The van der Waals surface area contributed by atoms with Crippen LogP contribution in [0.2, 0.25) is 0 Å². The van der Waals surface area contributed by atoms with Gasteiger partial charge in [-0.1, -0.05) is 18.2 Å². The number of nitrogens with one attached hydrogen (secondary N) is 1. The van der Waals surface area contributed by atoms with Crippen LogP contribution in [-0.4, -0.2) is 38.0 Å². The molecule has 0 unspecified atom stereocenters. The van der Waals surface area contributed by atoms with E-state index in [1.165, 1.54) is 4.90 Å². The Hall–Kier alpha value is -2.24. The number of rotatable bonds is 4. The summed E-state index contributed by atoms with van der Waals surface area (Å²) in [5.41, 5.74) is 0.783. The molecule has 0 spiro atoms. The summed E-state index contributed by atoms with van der Waals surface area (Å²) >= 11 is 0. The van der Waals surface area contributed by atoms with Gasteiger partial charge in [0.05, 0.1) is 19.7 Å². The zero-order valence-electron chi connectivity index (χ0n) is 10.7. The molecule has 6 nitrogen and oxygen atoms in total. The molecule has 1 aliphatic rings. The van der Waals surface area contributed by atoms with Crippen molar-refractivity contribution in [2.24, 2.45) is 0 Å². The molecular weight excluding hydrogens is 248 g/mol. The molecule has 0 saturated carbocycles. The van der Waals surface area contributed by atoms with Gasteiger partial charge < -0.3 is 14.8 Å². The molecule has 1 saturated heterocycles. The Bertz CT molecular complexity index is 449. The third-order valence-electron chi connectivity index (χ3n) is 2.69. The van der Waals surface area contributed by atoms with Crippen LogP contribution < -0.4 is 10.2 Å². The number of hydrogen-bond acceptors (Lipinski definition) is 4. The van der Waals surface area contributed by atoms with E-state index >= 15 is 0 Å². The van der Waals surface area contributed by atoms with Gasteiger partial charge in [-0.2, -0.15) is 0 Å². The number of carbonyl (C=O) groups excluding carboxylic acids is 2. The van der Waals surface area contributed by atoms with E-state index in [1.807, 2.05) is 30.3 Å². The second-order valence-electron chi connectivity index (χ2n) is 4.05. The van der Waals surface area contributed by atoms with Crippen molar-refractivity contribution in [3.8, 4) is 0 Å². The van der Waals surface area contributed by atoms with Crippen molar-refractivity contribution in [3.63, 3.8) is 0 Å². The topological polar surface area (TPSA) is 67.9 Å². The molecule has 1 atom stereocenters. The lowest BCUT2D eigenvalue weighted by molar-refractivity contribution is 0.127. The predicted octanol–water partition coefficient (Wildman–Crippen LogP) is 1.76. The monoisotopic (exact) mass is 264 g/mol. The number of anilines is 1. The Morgan fingerprint density at radius 3 is 2.89 bits per heavy atom. The van der Waals surface area contributed by atoms with Crippen molar-refractivity contribution in [3.05, 3.63) is 30.3 Å². The molecule has 1 aromatic carbocycles. The molecule has 1 heterocycles. The van der Waals surface area contributed by atoms with Crippen LogP contribution in [0, 0.1) is 0 Å². The van der Waals surface area contributed by atoms with E-state index in [-0.39, 0.29) is 12.6 Å². The van der Waals surface area contributed by atoms with Crippen molar-refractivity contribution in [2.45, 2.75) is 13.0 Å². The maximum atomic E-state index is 11.7. The minimum atomic E-state index is -0.503. The Morgan fingerprint density at radius 1 is 1.47 bits per heavy atom. The fourth-order valence-electron chi connectivity index (χ4n) is 1.83. The smallest absolute Gasteiger partial charge is 0.414 e. The Labute approximate surface area is 111 Å². The van der Waals surface area contributed by atoms with Crippen LogP contribution in [0.25, 0.3) is 0 Å². The van der Waals surface area contributed by atoms with Gasteiger partial charge in [0.15, 0.2) is 0 Å². The molecule has 2 amide bonds. The Balaban J connectivity index is 1.88. The third kappa shape index (κ3) is 3.37. The number of benzene rings is 1. The maximum absolute atomic E-state index is 11.7. The Kier molecular flexibility index (Phi) is 4.22. The lowest BCUT2D eigenvalue weighted by atomic mass is 10.3. The first-order valence-corrected chi connectivity index (χ1v) is 6.14. The minimum Gasteiger partial charge on any atom is -0.450 e. The van der Waals surface area contributed by atoms with Gasteiger partial charge in [-0.15, -0.1) is 0 Å². The van der Waals surface area contributed by atoms with Gasteiger partial charge in [0.1, 0.15) is 6.10 Å². The van der Waals surface area contributed by atoms with Gasteiger partial charge in [-0.05, 0) is 19.1 Å². The number of para-hydroxylation sites is 1. The second kappa shape index (κ2) is 6.08. The largest absolute Gasteiger partial charge is 0.450 e. The second-order valence-corrected chi connectivity index (χ2v) is 4.05. The summed E-state index contributed by atoms with van der Waals surface area (Å²) in [6, 6.07) is 9.26. The van der Waals surface area contributed by atoms with Crippen molar-refractivity contribution in [2.75, 3.05) is 24.6 Å². The molecule has 0 aromatic heterocycles. The van der Waals surface area contributed by atoms with Crippen molar-refractivity contribution in [1.82, 2.24) is 5.32 Å². The van der Waals surface area contributed by atoms with Crippen molar-refractivity contribution >= 4 is 17.9 Å². The van der Waals surface area contributed by atoms with Crippen LogP contribution in [0.1, 0.15) is 6.92 Å². The summed E-state index contributed by atoms with van der Waals surface area (Å²) in [5, 5.41) is 2.55. The number of amides is 2. The fourth-order valence-corrected chi connectivity index (χ4v) is 1.83. The first kappa shape index (κ1) is 13.2. The maximum Gasteiger partial charge on any atom is 0.414 e. The summed E-state index contributed by atoms with van der Waals surface area (Å²) < 4.78 is 9.91. The summed E-state index contributed by atoms with van der Waals surface area (Å²) in [5.74, 6) is 0. The quantitative estimate of drug-likeness (QED) is 0.899. The normalized spacial score (nSPS) is 18.1. The first-order valence-electron chi connectivity index (χ1n) is 6.14. The van der Waals surface area contributed by atoms with E-state index in [1.54, 1.807) is 6.92 Å². The van der Waals surface area contributed by atoms with Gasteiger partial charge in [0.25, 0.3) is 0 Å². The Morgan fingerprint density at radius 2 is 2.21 bits per heavy atom.